The van der Waals surface area contributed by atoms with Crippen molar-refractivity contribution in [2.24, 2.45) is 0 Å². The molecule has 1 fully saturated rings. The molecule has 1 atom stereocenters. The molecule has 1 aliphatic heterocycles. The van der Waals surface area contributed by atoms with Crippen LogP contribution >= 0.6 is 11.5 Å². The predicted octanol–water partition coefficient (Wildman–Crippen LogP) is 2.92. The minimum atomic E-state index is -4.38. The second-order valence-corrected chi connectivity index (χ2v) is 5.71. The van der Waals surface area contributed by atoms with Gasteiger partial charge in [0.05, 0.1) is 12.1 Å². The molecule has 2 aromatic heterocycles. The summed E-state index contributed by atoms with van der Waals surface area (Å²) < 4.78 is 47.2. The highest BCUT2D eigenvalue weighted by Gasteiger charge is 2.31. The SMILES string of the molecule is Cc1nsc(N2CCC(Oc3ccc(C(F)(F)F)cn3)C2)n1. The first kappa shape index (κ1) is 15.0. The lowest BCUT2D eigenvalue weighted by Gasteiger charge is -2.15. The van der Waals surface area contributed by atoms with Gasteiger partial charge in [-0.3, -0.25) is 0 Å². The van der Waals surface area contributed by atoms with Crippen LogP contribution in [0, 0.1) is 6.92 Å². The van der Waals surface area contributed by atoms with Crippen LogP contribution in [0.3, 0.4) is 0 Å². The Morgan fingerprint density at radius 1 is 1.36 bits per heavy atom. The molecule has 22 heavy (non-hydrogen) atoms. The monoisotopic (exact) mass is 330 g/mol. The zero-order valence-corrected chi connectivity index (χ0v) is 12.5. The van der Waals surface area contributed by atoms with Crippen LogP contribution in [0.2, 0.25) is 0 Å². The highest BCUT2D eigenvalue weighted by Crippen LogP contribution is 2.30. The molecule has 0 aromatic carbocycles. The Kier molecular flexibility index (Phi) is 3.90. The fourth-order valence-electron chi connectivity index (χ4n) is 2.20. The first-order valence-corrected chi connectivity index (χ1v) is 7.44. The molecule has 0 amide bonds. The van der Waals surface area contributed by atoms with Crippen molar-refractivity contribution in [2.45, 2.75) is 25.6 Å². The molecule has 1 aliphatic rings. The first-order chi connectivity index (χ1) is 10.4. The first-order valence-electron chi connectivity index (χ1n) is 6.67. The number of halogens is 3. The standard InChI is InChI=1S/C13H13F3N4OS/c1-8-18-12(22-19-8)20-5-4-10(7-20)21-11-3-2-9(6-17-11)13(14,15)16/h2-3,6,10H,4-5,7H2,1H3. The Balaban J connectivity index is 1.60. The maximum Gasteiger partial charge on any atom is 0.417 e. The van der Waals surface area contributed by atoms with Crippen LogP contribution in [0.5, 0.6) is 5.88 Å². The van der Waals surface area contributed by atoms with E-state index in [-0.39, 0.29) is 12.0 Å². The van der Waals surface area contributed by atoms with Gasteiger partial charge in [-0.05, 0) is 13.0 Å². The van der Waals surface area contributed by atoms with Crippen molar-refractivity contribution in [2.75, 3.05) is 18.0 Å². The van der Waals surface area contributed by atoms with Crippen molar-refractivity contribution < 1.29 is 17.9 Å². The van der Waals surface area contributed by atoms with Gasteiger partial charge >= 0.3 is 6.18 Å². The van der Waals surface area contributed by atoms with Crippen molar-refractivity contribution in [1.82, 2.24) is 14.3 Å². The lowest BCUT2D eigenvalue weighted by molar-refractivity contribution is -0.137. The van der Waals surface area contributed by atoms with Crippen LogP contribution in [0.15, 0.2) is 18.3 Å². The summed E-state index contributed by atoms with van der Waals surface area (Å²) in [7, 11) is 0. The van der Waals surface area contributed by atoms with E-state index in [1.54, 1.807) is 0 Å². The molecular formula is C13H13F3N4OS. The maximum absolute atomic E-state index is 12.5. The topological polar surface area (TPSA) is 51.1 Å². The number of anilines is 1. The number of aromatic nitrogens is 3. The van der Waals surface area contributed by atoms with Gasteiger partial charge in [-0.2, -0.15) is 17.5 Å². The van der Waals surface area contributed by atoms with Crippen molar-refractivity contribution in [1.29, 1.82) is 0 Å². The summed E-state index contributed by atoms with van der Waals surface area (Å²) in [6.07, 6.45) is -2.95. The minimum absolute atomic E-state index is 0.117. The summed E-state index contributed by atoms with van der Waals surface area (Å²) in [4.78, 5) is 10.1. The van der Waals surface area contributed by atoms with Crippen LogP contribution in [0.1, 0.15) is 17.8 Å². The zero-order valence-electron chi connectivity index (χ0n) is 11.7. The van der Waals surface area contributed by atoms with Crippen molar-refractivity contribution >= 4 is 16.7 Å². The molecule has 2 aromatic rings. The summed E-state index contributed by atoms with van der Waals surface area (Å²) in [6.45, 7) is 3.23. The normalized spacial score (nSPS) is 18.7. The molecule has 3 rings (SSSR count). The van der Waals surface area contributed by atoms with E-state index in [2.05, 4.69) is 19.2 Å². The largest absolute Gasteiger partial charge is 0.472 e. The molecule has 118 valence electrons. The third-order valence-electron chi connectivity index (χ3n) is 3.28. The molecular weight excluding hydrogens is 317 g/mol. The molecule has 0 aliphatic carbocycles. The van der Waals surface area contributed by atoms with E-state index >= 15 is 0 Å². The summed E-state index contributed by atoms with van der Waals surface area (Å²) in [6, 6.07) is 2.23. The van der Waals surface area contributed by atoms with Crippen LogP contribution < -0.4 is 9.64 Å². The number of nitrogens with zero attached hydrogens (tertiary/aromatic N) is 4. The molecule has 0 bridgehead atoms. The Hall–Kier alpha value is -1.90. The van der Waals surface area contributed by atoms with Gasteiger partial charge in [-0.1, -0.05) is 0 Å². The van der Waals surface area contributed by atoms with Gasteiger partial charge < -0.3 is 9.64 Å². The average molecular weight is 330 g/mol. The van der Waals surface area contributed by atoms with Crippen LogP contribution in [-0.4, -0.2) is 33.5 Å². The molecule has 0 saturated carbocycles. The Morgan fingerprint density at radius 3 is 2.77 bits per heavy atom. The van der Waals surface area contributed by atoms with E-state index in [9.17, 15) is 13.2 Å². The lowest BCUT2D eigenvalue weighted by Crippen LogP contribution is -2.24. The second kappa shape index (κ2) is 5.71. The van der Waals surface area contributed by atoms with Crippen LogP contribution in [0.25, 0.3) is 0 Å². The third-order valence-corrected chi connectivity index (χ3v) is 4.15. The third kappa shape index (κ3) is 3.29. The Labute approximate surface area is 128 Å². The number of alkyl halides is 3. The van der Waals surface area contributed by atoms with E-state index in [1.807, 2.05) is 6.92 Å². The number of rotatable bonds is 3. The van der Waals surface area contributed by atoms with E-state index < -0.39 is 11.7 Å². The fourth-order valence-corrected chi connectivity index (χ4v) is 2.91. The van der Waals surface area contributed by atoms with Crippen LogP contribution in [-0.2, 0) is 6.18 Å². The molecule has 0 N–H and O–H groups in total. The second-order valence-electron chi connectivity index (χ2n) is 4.98. The van der Waals surface area contributed by atoms with E-state index in [0.717, 1.165) is 36.2 Å². The Bertz CT molecular complexity index is 643. The van der Waals surface area contributed by atoms with E-state index in [0.29, 0.717) is 6.54 Å². The van der Waals surface area contributed by atoms with Gasteiger partial charge in [0.25, 0.3) is 0 Å². The van der Waals surface area contributed by atoms with Gasteiger partial charge in [0.1, 0.15) is 11.9 Å². The lowest BCUT2D eigenvalue weighted by atomic mass is 10.3. The van der Waals surface area contributed by atoms with Gasteiger partial charge in [0.15, 0.2) is 0 Å². The average Bonchev–Trinajstić information content (AvgIpc) is 3.07. The van der Waals surface area contributed by atoms with Gasteiger partial charge in [0, 0.05) is 36.8 Å². The maximum atomic E-state index is 12.5. The molecule has 1 saturated heterocycles. The predicted molar refractivity (Wildman–Crippen MR) is 75.1 cm³/mol. The molecule has 0 spiro atoms. The van der Waals surface area contributed by atoms with Gasteiger partial charge in [-0.15, -0.1) is 0 Å². The number of pyridine rings is 1. The Morgan fingerprint density at radius 2 is 2.18 bits per heavy atom. The van der Waals surface area contributed by atoms with E-state index in [1.165, 1.54) is 17.6 Å². The van der Waals surface area contributed by atoms with Crippen LogP contribution in [0.4, 0.5) is 18.3 Å². The highest BCUT2D eigenvalue weighted by atomic mass is 32.1. The summed E-state index contributed by atoms with van der Waals surface area (Å²) >= 11 is 1.33. The highest BCUT2D eigenvalue weighted by molar-refractivity contribution is 7.09. The van der Waals surface area contributed by atoms with Gasteiger partial charge in [0.2, 0.25) is 11.0 Å². The van der Waals surface area contributed by atoms with Gasteiger partial charge in [-0.25, -0.2) is 9.97 Å². The molecule has 1 unspecified atom stereocenters. The number of ether oxygens (including phenoxy) is 1. The summed E-state index contributed by atoms with van der Waals surface area (Å²) in [5.74, 6) is 0.932. The van der Waals surface area contributed by atoms with Crippen molar-refractivity contribution in [3.63, 3.8) is 0 Å². The zero-order chi connectivity index (χ0) is 15.7. The quantitative estimate of drug-likeness (QED) is 0.866. The minimum Gasteiger partial charge on any atom is -0.472 e. The summed E-state index contributed by atoms with van der Waals surface area (Å²) in [5.41, 5.74) is -0.780. The van der Waals surface area contributed by atoms with Crippen molar-refractivity contribution in [3.8, 4) is 5.88 Å². The molecule has 9 heteroatoms. The van der Waals surface area contributed by atoms with E-state index in [4.69, 9.17) is 4.74 Å². The smallest absolute Gasteiger partial charge is 0.417 e. The number of aryl methyl sites for hydroxylation is 1. The summed E-state index contributed by atoms with van der Waals surface area (Å²) in [5, 5.41) is 0.837. The molecule has 3 heterocycles. The number of hydrogen-bond donors (Lipinski definition) is 0. The molecule has 0 radical (unpaired) electrons. The number of hydrogen-bond acceptors (Lipinski definition) is 6. The fraction of sp³-hybridized carbons (Fsp3) is 0.462. The van der Waals surface area contributed by atoms with Crippen molar-refractivity contribution in [3.05, 3.63) is 29.7 Å². The molecule has 5 nitrogen and oxygen atoms in total.